The van der Waals surface area contributed by atoms with Gasteiger partial charge in [-0.3, -0.25) is 9.59 Å². The Morgan fingerprint density at radius 1 is 0.847 bits per heavy atom. The molecule has 3 rings (SSSR count). The number of nitrogens with one attached hydrogen (secondary N) is 2. The lowest BCUT2D eigenvalue weighted by Gasteiger charge is -2.51. The molecule has 0 aromatic heterocycles. The Bertz CT molecular complexity index is 1450. The van der Waals surface area contributed by atoms with Crippen LogP contribution in [0.25, 0.3) is 0 Å². The minimum Gasteiger partial charge on any atom is -0.477 e. The number of sulfonamides is 1. The number of carboxylic acids is 1. The second-order valence-electron chi connectivity index (χ2n) is 14.7. The van der Waals surface area contributed by atoms with E-state index < -0.39 is 146 Å². The third-order valence-corrected chi connectivity index (χ3v) is 10.8. The van der Waals surface area contributed by atoms with Gasteiger partial charge in [0.1, 0.15) is 67.1 Å². The molecule has 0 aromatic rings. The van der Waals surface area contributed by atoms with Gasteiger partial charge >= 0.3 is 11.9 Å². The van der Waals surface area contributed by atoms with E-state index in [0.29, 0.717) is 25.7 Å². The quantitative estimate of drug-likeness (QED) is 0.0336. The van der Waals surface area contributed by atoms with Gasteiger partial charge in [-0.05, 0) is 12.8 Å². The maximum absolute atomic E-state index is 12.9. The maximum atomic E-state index is 12.9. The van der Waals surface area contributed by atoms with E-state index in [4.69, 9.17) is 28.4 Å². The number of aliphatic hydroxyl groups excluding tert-OH is 9. The van der Waals surface area contributed by atoms with Crippen LogP contribution >= 0.6 is 0 Å². The van der Waals surface area contributed by atoms with Gasteiger partial charge in [-0.2, -0.15) is 0 Å². The number of carbonyl (C=O) groups excluding carboxylic acids is 2. The van der Waals surface area contributed by atoms with Crippen molar-refractivity contribution in [2.45, 2.75) is 156 Å². The molecule has 3 heterocycles. The van der Waals surface area contributed by atoms with Gasteiger partial charge in [0.2, 0.25) is 15.9 Å². The molecular formula is C34H60N2O22S. The number of carbonyl (C=O) groups is 3. The minimum absolute atomic E-state index is 0.00389. The summed E-state index contributed by atoms with van der Waals surface area (Å²) in [5.41, 5.74) is 0. The molecular weight excluding hydrogens is 820 g/mol. The first-order valence-electron chi connectivity index (χ1n) is 19.1. The average molecular weight is 881 g/mol. The van der Waals surface area contributed by atoms with Gasteiger partial charge in [0.15, 0.2) is 12.6 Å². The molecule has 3 aliphatic heterocycles. The van der Waals surface area contributed by atoms with Crippen molar-refractivity contribution in [3.05, 3.63) is 0 Å². The lowest BCUT2D eigenvalue weighted by atomic mass is 9.88. The van der Waals surface area contributed by atoms with Crippen molar-refractivity contribution in [2.24, 2.45) is 0 Å². The molecule has 25 heteroatoms. The molecule has 0 bridgehead atoms. The van der Waals surface area contributed by atoms with E-state index in [1.807, 2.05) is 0 Å². The van der Waals surface area contributed by atoms with Crippen LogP contribution in [0, 0.1) is 0 Å². The number of carboxylic acid groups (broad SMARTS) is 1. The summed E-state index contributed by atoms with van der Waals surface area (Å²) < 4.78 is 66.3. The van der Waals surface area contributed by atoms with E-state index in [9.17, 15) is 73.9 Å². The first-order valence-corrected chi connectivity index (χ1v) is 21.0. The van der Waals surface area contributed by atoms with Crippen LogP contribution in [-0.4, -0.2) is 215 Å². The van der Waals surface area contributed by atoms with Gasteiger partial charge < -0.3 is 89.5 Å². The van der Waals surface area contributed by atoms with Crippen LogP contribution in [0.3, 0.4) is 0 Å². The summed E-state index contributed by atoms with van der Waals surface area (Å²) in [6.07, 6.45) is -20.9. The highest BCUT2D eigenvalue weighted by molar-refractivity contribution is 7.88. The van der Waals surface area contributed by atoms with Crippen molar-refractivity contribution in [1.82, 2.24) is 10.0 Å². The molecule has 12 N–H and O–H groups in total. The van der Waals surface area contributed by atoms with Gasteiger partial charge in [0.25, 0.3) is 5.79 Å². The summed E-state index contributed by atoms with van der Waals surface area (Å²) in [4.78, 5) is 36.1. The van der Waals surface area contributed by atoms with Gasteiger partial charge in [-0.15, -0.1) is 0 Å². The van der Waals surface area contributed by atoms with Crippen molar-refractivity contribution in [3.8, 4) is 0 Å². The van der Waals surface area contributed by atoms with E-state index in [-0.39, 0.29) is 12.6 Å². The molecule has 0 saturated carbocycles. The first-order chi connectivity index (χ1) is 27.7. The highest BCUT2D eigenvalue weighted by Crippen LogP contribution is 2.38. The van der Waals surface area contributed by atoms with Crippen molar-refractivity contribution in [1.29, 1.82) is 0 Å². The van der Waals surface area contributed by atoms with Gasteiger partial charge in [-0.1, -0.05) is 25.7 Å². The molecule has 24 nitrogen and oxygen atoms in total. The van der Waals surface area contributed by atoms with E-state index >= 15 is 0 Å². The molecule has 59 heavy (non-hydrogen) atoms. The molecule has 11 unspecified atom stereocenters. The van der Waals surface area contributed by atoms with Crippen molar-refractivity contribution >= 4 is 27.9 Å². The summed E-state index contributed by atoms with van der Waals surface area (Å²) >= 11 is 0. The summed E-state index contributed by atoms with van der Waals surface area (Å²) in [6.45, 7) is -1.90. The summed E-state index contributed by atoms with van der Waals surface area (Å²) in [6, 6.07) is -3.19. The molecule has 0 spiro atoms. The Morgan fingerprint density at radius 3 is 1.97 bits per heavy atom. The number of unbranched alkanes of at least 4 members (excludes halogenated alkanes) is 5. The van der Waals surface area contributed by atoms with Crippen LogP contribution in [0.5, 0.6) is 0 Å². The molecule has 3 fully saturated rings. The third kappa shape index (κ3) is 13.9. The number of rotatable bonds is 23. The molecule has 0 radical (unpaired) electrons. The second kappa shape index (κ2) is 23.2. The molecule has 344 valence electrons. The lowest BCUT2D eigenvalue weighted by Crippen LogP contribution is -2.71. The normalized spacial score (nSPS) is 36.4. The average Bonchev–Trinajstić information content (AvgIpc) is 3.18. The Kier molecular flexibility index (Phi) is 20.1. The number of esters is 1. The van der Waals surface area contributed by atoms with Crippen molar-refractivity contribution in [3.63, 3.8) is 0 Å². The van der Waals surface area contributed by atoms with Crippen LogP contribution in [0.15, 0.2) is 0 Å². The van der Waals surface area contributed by atoms with Crippen LogP contribution in [0.1, 0.15) is 58.3 Å². The Labute approximate surface area is 340 Å². The zero-order valence-electron chi connectivity index (χ0n) is 32.9. The highest BCUT2D eigenvalue weighted by Gasteiger charge is 2.60. The van der Waals surface area contributed by atoms with Crippen LogP contribution < -0.4 is 10.0 Å². The smallest absolute Gasteiger partial charge is 0.364 e. The fraction of sp³-hybridized carbons (Fsp3) is 0.912. The number of aliphatic carboxylic acids is 1. The number of amides is 1. The van der Waals surface area contributed by atoms with E-state index in [2.05, 4.69) is 14.8 Å². The first kappa shape index (κ1) is 51.1. The van der Waals surface area contributed by atoms with Crippen molar-refractivity contribution in [2.75, 3.05) is 39.8 Å². The van der Waals surface area contributed by atoms with Crippen LogP contribution in [-0.2, 0) is 57.6 Å². The molecule has 3 saturated heterocycles. The topological polar surface area (TPSA) is 376 Å². The molecule has 1 amide bonds. The summed E-state index contributed by atoms with van der Waals surface area (Å²) in [7, 11) is -2.83. The number of ether oxygens (including phenoxy) is 7. The van der Waals surface area contributed by atoms with Gasteiger partial charge in [0, 0.05) is 26.4 Å². The molecule has 0 aromatic carbocycles. The monoisotopic (exact) mass is 880 g/mol. The lowest BCUT2D eigenvalue weighted by molar-refractivity contribution is -0.381. The number of aliphatic hydroxyl groups is 9. The number of hydrogen-bond acceptors (Lipinski definition) is 21. The minimum atomic E-state index is -4.15. The van der Waals surface area contributed by atoms with Crippen LogP contribution in [0.2, 0.25) is 0 Å². The zero-order chi connectivity index (χ0) is 44.2. The fourth-order valence-electron chi connectivity index (χ4n) is 7.05. The second-order valence-corrected chi connectivity index (χ2v) is 16.5. The van der Waals surface area contributed by atoms with Gasteiger partial charge in [-0.25, -0.2) is 17.9 Å². The fourth-order valence-corrected chi connectivity index (χ4v) is 7.79. The largest absolute Gasteiger partial charge is 0.477 e. The Morgan fingerprint density at radius 2 is 1.42 bits per heavy atom. The van der Waals surface area contributed by atoms with Crippen LogP contribution in [0.4, 0.5) is 0 Å². The third-order valence-electron chi connectivity index (χ3n) is 10.1. The number of hydrogen-bond donors (Lipinski definition) is 12. The van der Waals surface area contributed by atoms with E-state index in [0.717, 1.165) is 32.4 Å². The van der Waals surface area contributed by atoms with E-state index in [1.54, 1.807) is 0 Å². The Balaban J connectivity index is 1.87. The van der Waals surface area contributed by atoms with Crippen molar-refractivity contribution < 1.29 is 107 Å². The molecule has 16 atom stereocenters. The standard InChI is InChI=1S/C34H60N2O22S/c1-16(40)35-22-17(41)12-34(33(48)49,57-29(22)24(44)18(42)13-37)58-30-26(46)20(15-39)55-32(27(30)47)56-28-23(36-59(3,50)51)31(54-19(14-38)25(28)45)53-11-9-7-5-4-6-8-10-21(43)52-2/h17-20,22-32,36-39,41-42,44-47H,4-15H2,1-3H3,(H,35,40)(H,48,49)/t17?,18?,19?,20?,22-,23?,24?,25-,26+,27?,28?,29?,30?,31-,32?,34+/m1/s1. The maximum Gasteiger partial charge on any atom is 0.364 e. The molecule has 0 aliphatic carbocycles. The Hall–Kier alpha value is -2.28. The predicted octanol–water partition coefficient (Wildman–Crippen LogP) is -5.74. The molecule has 3 aliphatic rings. The summed E-state index contributed by atoms with van der Waals surface area (Å²) in [5, 5.41) is 108. The number of methoxy groups -OCH3 is 1. The summed E-state index contributed by atoms with van der Waals surface area (Å²) in [5.74, 6) is -6.16. The van der Waals surface area contributed by atoms with E-state index in [1.165, 1.54) is 7.11 Å². The highest BCUT2D eigenvalue weighted by atomic mass is 32.2. The SMILES string of the molecule is COC(=O)CCCCCCCCO[C@@H]1OC(CO)[C@@H](O)C(OC2OC(CO)[C@H](O)C(O[C@]3(C(=O)O)CC(O)[C@@H](NC(C)=O)C(C(O)C(O)CO)O3)C2O)C1NS(C)(=O)=O. The zero-order valence-corrected chi connectivity index (χ0v) is 33.7. The predicted molar refractivity (Wildman–Crippen MR) is 194 cm³/mol. The van der Waals surface area contributed by atoms with Gasteiger partial charge in [0.05, 0.1) is 45.3 Å².